The summed E-state index contributed by atoms with van der Waals surface area (Å²) in [4.78, 5) is 34.6. The van der Waals surface area contributed by atoms with Crippen LogP contribution in [0, 0.1) is 0 Å². The predicted octanol–water partition coefficient (Wildman–Crippen LogP) is -0.181. The summed E-state index contributed by atoms with van der Waals surface area (Å²) < 4.78 is 0. The van der Waals surface area contributed by atoms with Gasteiger partial charge in [0.1, 0.15) is 11.2 Å². The number of amides is 1. The Morgan fingerprint density at radius 1 is 1.16 bits per heavy atom. The minimum Gasteiger partial charge on any atom is -0.283 e. The van der Waals surface area contributed by atoms with E-state index >= 15 is 0 Å². The van der Waals surface area contributed by atoms with Crippen molar-refractivity contribution in [1.29, 1.82) is 0 Å². The van der Waals surface area contributed by atoms with Crippen LogP contribution in [0.4, 0.5) is 5.69 Å². The second-order valence-corrected chi connectivity index (χ2v) is 3.97. The number of Topliss-reactive ketones (excluding diaryl/α,β-unsaturated/α-hetero) is 2. The van der Waals surface area contributed by atoms with E-state index in [9.17, 15) is 14.4 Å². The molecule has 1 amide bonds. The molecule has 8 heteroatoms. The third-order valence-electron chi connectivity index (χ3n) is 2.73. The fourth-order valence-electron chi connectivity index (χ4n) is 1.74. The quantitative estimate of drug-likeness (QED) is 0.713. The molecule has 0 bridgehead atoms. The van der Waals surface area contributed by atoms with Gasteiger partial charge in [-0.3, -0.25) is 19.5 Å². The molecular formula is C11H7N5O3. The Morgan fingerprint density at radius 2 is 1.95 bits per heavy atom. The van der Waals surface area contributed by atoms with Gasteiger partial charge in [-0.25, -0.2) is 0 Å². The number of carbonyl (C=O) groups excluding carboxylic acids is 3. The number of aromatic amines is 1. The normalized spacial score (nSPS) is 16.2. The van der Waals surface area contributed by atoms with Gasteiger partial charge in [-0.1, -0.05) is 5.21 Å². The summed E-state index contributed by atoms with van der Waals surface area (Å²) in [6.07, 6.45) is 0. The predicted molar refractivity (Wildman–Crippen MR) is 64.5 cm³/mol. The number of ketones is 2. The number of fused-ring (bicyclic) bond motifs is 1. The maximum absolute atomic E-state index is 11.8. The van der Waals surface area contributed by atoms with Crippen LogP contribution in [0.15, 0.2) is 23.3 Å². The lowest BCUT2D eigenvalue weighted by Crippen LogP contribution is -2.44. The van der Waals surface area contributed by atoms with Gasteiger partial charge in [0, 0.05) is 0 Å². The molecule has 1 N–H and O–H groups in total. The highest BCUT2D eigenvalue weighted by Crippen LogP contribution is 2.21. The van der Waals surface area contributed by atoms with Crippen molar-refractivity contribution in [2.45, 2.75) is 6.92 Å². The van der Waals surface area contributed by atoms with Gasteiger partial charge < -0.3 is 0 Å². The molecule has 2 aromatic rings. The zero-order valence-electron chi connectivity index (χ0n) is 9.75. The van der Waals surface area contributed by atoms with Gasteiger partial charge in [0.15, 0.2) is 0 Å². The van der Waals surface area contributed by atoms with Crippen molar-refractivity contribution in [3.63, 3.8) is 0 Å². The standard InChI is InChI=1S/C11H7N5O3/c1-5-9(17)10(18)11(19)16(14-5)6-2-3-7-8(4-6)13-15-12-7/h2-4H,1H3,(H,12,13,15). The van der Waals surface area contributed by atoms with Crippen LogP contribution in [0.1, 0.15) is 6.92 Å². The lowest BCUT2D eigenvalue weighted by molar-refractivity contribution is -0.142. The Hall–Kier alpha value is -2.90. The Kier molecular flexibility index (Phi) is 2.24. The molecule has 0 unspecified atom stereocenters. The zero-order valence-corrected chi connectivity index (χ0v) is 9.75. The third kappa shape index (κ3) is 1.61. The number of rotatable bonds is 1. The summed E-state index contributed by atoms with van der Waals surface area (Å²) >= 11 is 0. The molecule has 1 aliphatic rings. The fourth-order valence-corrected chi connectivity index (χ4v) is 1.74. The zero-order chi connectivity index (χ0) is 13.6. The van der Waals surface area contributed by atoms with E-state index in [1.165, 1.54) is 6.92 Å². The van der Waals surface area contributed by atoms with Crippen molar-refractivity contribution < 1.29 is 14.4 Å². The number of H-pyrrole nitrogens is 1. The lowest BCUT2D eigenvalue weighted by atomic mass is 10.1. The molecule has 1 aliphatic heterocycles. The molecule has 0 saturated heterocycles. The number of aromatic nitrogens is 3. The highest BCUT2D eigenvalue weighted by atomic mass is 16.2. The van der Waals surface area contributed by atoms with E-state index < -0.39 is 17.5 Å². The first-order chi connectivity index (χ1) is 9.08. The molecule has 3 rings (SSSR count). The smallest absolute Gasteiger partial charge is 0.283 e. The van der Waals surface area contributed by atoms with E-state index in [0.29, 0.717) is 16.7 Å². The molecule has 94 valence electrons. The van der Waals surface area contributed by atoms with Crippen molar-refractivity contribution in [3.8, 4) is 0 Å². The summed E-state index contributed by atoms with van der Waals surface area (Å²) in [6.45, 7) is 1.38. The Morgan fingerprint density at radius 3 is 2.74 bits per heavy atom. The van der Waals surface area contributed by atoms with Crippen LogP contribution in [0.3, 0.4) is 0 Å². The van der Waals surface area contributed by atoms with Crippen molar-refractivity contribution in [2.75, 3.05) is 5.01 Å². The Bertz CT molecular complexity index is 761. The third-order valence-corrected chi connectivity index (χ3v) is 2.73. The van der Waals surface area contributed by atoms with Crippen LogP contribution in [0.2, 0.25) is 0 Å². The maximum atomic E-state index is 11.8. The Balaban J connectivity index is 2.12. The monoisotopic (exact) mass is 257 g/mol. The van der Waals surface area contributed by atoms with Crippen molar-refractivity contribution in [2.24, 2.45) is 5.10 Å². The number of hydrogen-bond donors (Lipinski definition) is 1. The number of anilines is 1. The van der Waals surface area contributed by atoms with Gasteiger partial charge in [-0.2, -0.15) is 10.1 Å². The van der Waals surface area contributed by atoms with E-state index in [1.807, 2.05) is 0 Å². The fraction of sp³-hybridized carbons (Fsp3) is 0.0909. The van der Waals surface area contributed by atoms with Crippen LogP contribution in [0.25, 0.3) is 11.0 Å². The van der Waals surface area contributed by atoms with Gasteiger partial charge in [0.2, 0.25) is 0 Å². The van der Waals surface area contributed by atoms with Crippen LogP contribution in [0.5, 0.6) is 0 Å². The average Bonchev–Trinajstić information content (AvgIpc) is 2.87. The van der Waals surface area contributed by atoms with Gasteiger partial charge in [-0.15, -0.1) is 5.10 Å². The number of nitrogens with zero attached hydrogens (tertiary/aromatic N) is 4. The first-order valence-electron chi connectivity index (χ1n) is 5.37. The van der Waals surface area contributed by atoms with E-state index in [4.69, 9.17) is 0 Å². The number of hydrazone groups is 1. The number of benzene rings is 1. The first-order valence-corrected chi connectivity index (χ1v) is 5.37. The molecule has 1 aromatic carbocycles. The van der Waals surface area contributed by atoms with E-state index in [1.54, 1.807) is 18.2 Å². The molecular weight excluding hydrogens is 250 g/mol. The van der Waals surface area contributed by atoms with Gasteiger partial charge in [-0.05, 0) is 25.1 Å². The molecule has 19 heavy (non-hydrogen) atoms. The maximum Gasteiger partial charge on any atom is 0.323 e. The average molecular weight is 257 g/mol. The van der Waals surface area contributed by atoms with E-state index in [2.05, 4.69) is 20.5 Å². The van der Waals surface area contributed by atoms with Crippen molar-refractivity contribution >= 4 is 39.9 Å². The second kappa shape index (κ2) is 3.80. The summed E-state index contributed by atoms with van der Waals surface area (Å²) in [5, 5.41) is 14.8. The van der Waals surface area contributed by atoms with Crippen LogP contribution < -0.4 is 5.01 Å². The SMILES string of the molecule is CC1=NN(c2ccc3[nH]nnc3c2)C(=O)C(=O)C1=O. The molecule has 0 radical (unpaired) electrons. The second-order valence-electron chi connectivity index (χ2n) is 3.97. The minimum absolute atomic E-state index is 0.0233. The van der Waals surface area contributed by atoms with Crippen LogP contribution in [-0.2, 0) is 14.4 Å². The lowest BCUT2D eigenvalue weighted by Gasteiger charge is -2.20. The number of nitrogens with one attached hydrogen (secondary N) is 1. The van der Waals surface area contributed by atoms with Gasteiger partial charge in [0.25, 0.3) is 11.6 Å². The van der Waals surface area contributed by atoms with E-state index in [0.717, 1.165) is 5.01 Å². The molecule has 0 fully saturated rings. The van der Waals surface area contributed by atoms with E-state index in [-0.39, 0.29) is 5.71 Å². The summed E-state index contributed by atoms with van der Waals surface area (Å²) in [6, 6.07) is 4.79. The highest BCUT2D eigenvalue weighted by Gasteiger charge is 2.35. The Labute approximate surface area is 106 Å². The molecule has 2 heterocycles. The first kappa shape index (κ1) is 11.2. The molecule has 8 nitrogen and oxygen atoms in total. The topological polar surface area (TPSA) is 108 Å². The molecule has 1 aromatic heterocycles. The highest BCUT2D eigenvalue weighted by molar-refractivity contribution is 6.81. The summed E-state index contributed by atoms with van der Waals surface area (Å²) in [5.74, 6) is -2.94. The van der Waals surface area contributed by atoms with Crippen LogP contribution >= 0.6 is 0 Å². The molecule has 0 aliphatic carbocycles. The largest absolute Gasteiger partial charge is 0.323 e. The van der Waals surface area contributed by atoms with Gasteiger partial charge in [0.05, 0.1) is 11.2 Å². The number of hydrogen-bond acceptors (Lipinski definition) is 6. The molecule has 0 atom stereocenters. The van der Waals surface area contributed by atoms with Crippen molar-refractivity contribution in [1.82, 2.24) is 15.4 Å². The molecule has 0 saturated carbocycles. The minimum atomic E-state index is -1.09. The summed E-state index contributed by atoms with van der Waals surface area (Å²) in [5.41, 5.74) is 1.55. The van der Waals surface area contributed by atoms with Crippen molar-refractivity contribution in [3.05, 3.63) is 18.2 Å². The number of carbonyl (C=O) groups is 3. The van der Waals surface area contributed by atoms with Crippen LogP contribution in [-0.4, -0.2) is 38.6 Å². The summed E-state index contributed by atoms with van der Waals surface area (Å²) in [7, 11) is 0. The molecule has 0 spiro atoms. The van der Waals surface area contributed by atoms with Gasteiger partial charge >= 0.3 is 5.91 Å².